The number of nitrogen functional groups attached to an aromatic ring is 1. The molecule has 2 rings (SSSR count). The lowest BCUT2D eigenvalue weighted by molar-refractivity contribution is 0.733. The molecule has 0 spiro atoms. The van der Waals surface area contributed by atoms with Gasteiger partial charge in [-0.1, -0.05) is 26.0 Å². The third-order valence-electron chi connectivity index (χ3n) is 3.74. The molecule has 0 aliphatic heterocycles. The Morgan fingerprint density at radius 2 is 1.42 bits per heavy atom. The molecule has 0 bridgehead atoms. The number of hydrogen-bond acceptors (Lipinski definition) is 2. The van der Waals surface area contributed by atoms with Crippen molar-refractivity contribution in [3.63, 3.8) is 0 Å². The molecule has 0 saturated carbocycles. The van der Waals surface area contributed by atoms with Crippen LogP contribution in [0.2, 0.25) is 0 Å². The van der Waals surface area contributed by atoms with E-state index in [-0.39, 0.29) is 0 Å². The second-order valence-electron chi connectivity index (χ2n) is 5.05. The van der Waals surface area contributed by atoms with Gasteiger partial charge in [0, 0.05) is 24.1 Å². The number of hydrogen-bond donors (Lipinski definition) is 1. The van der Waals surface area contributed by atoms with E-state index in [0.29, 0.717) is 5.92 Å². The number of benzene rings is 2. The van der Waals surface area contributed by atoms with Gasteiger partial charge in [-0.3, -0.25) is 0 Å². The highest BCUT2D eigenvalue weighted by molar-refractivity contribution is 5.64. The highest BCUT2D eigenvalue weighted by Gasteiger charge is 2.06. The summed E-state index contributed by atoms with van der Waals surface area (Å²) in [5.74, 6) is 0.621. The Bertz CT molecular complexity index is 514. The van der Waals surface area contributed by atoms with Crippen LogP contribution < -0.4 is 10.6 Å². The first kappa shape index (κ1) is 13.5. The van der Waals surface area contributed by atoms with Gasteiger partial charge >= 0.3 is 0 Å². The van der Waals surface area contributed by atoms with Gasteiger partial charge in [-0.2, -0.15) is 0 Å². The van der Waals surface area contributed by atoms with Crippen LogP contribution in [0.3, 0.4) is 0 Å². The van der Waals surface area contributed by atoms with Crippen molar-refractivity contribution < 1.29 is 0 Å². The lowest BCUT2D eigenvalue weighted by Gasteiger charge is -2.20. The summed E-state index contributed by atoms with van der Waals surface area (Å²) in [6.45, 7) is 4.48. The van der Waals surface area contributed by atoms with Crippen LogP contribution in [-0.4, -0.2) is 7.05 Å². The summed E-state index contributed by atoms with van der Waals surface area (Å²) in [5.41, 5.74) is 10.2. The molecule has 0 heterocycles. The molecule has 2 nitrogen and oxygen atoms in total. The molecule has 2 aromatic carbocycles. The van der Waals surface area contributed by atoms with E-state index in [1.165, 1.54) is 17.7 Å². The highest BCUT2D eigenvalue weighted by atomic mass is 15.1. The highest BCUT2D eigenvalue weighted by Crippen LogP contribution is 2.26. The van der Waals surface area contributed by atoms with Crippen molar-refractivity contribution in [1.29, 1.82) is 0 Å². The zero-order valence-electron chi connectivity index (χ0n) is 11.9. The van der Waals surface area contributed by atoms with Gasteiger partial charge in [-0.25, -0.2) is 0 Å². The zero-order chi connectivity index (χ0) is 13.8. The van der Waals surface area contributed by atoms with E-state index in [2.05, 4.69) is 50.1 Å². The first-order chi connectivity index (χ1) is 9.11. The van der Waals surface area contributed by atoms with Gasteiger partial charge in [0.1, 0.15) is 0 Å². The van der Waals surface area contributed by atoms with Crippen molar-refractivity contribution in [3.05, 3.63) is 54.1 Å². The van der Waals surface area contributed by atoms with Gasteiger partial charge in [-0.05, 0) is 54.3 Å². The number of anilines is 3. The Balaban J connectivity index is 2.19. The summed E-state index contributed by atoms with van der Waals surface area (Å²) in [6.07, 6.45) is 1.17. The average Bonchev–Trinajstić information content (AvgIpc) is 2.46. The normalized spacial score (nSPS) is 12.2. The Kier molecular flexibility index (Phi) is 4.10. The lowest BCUT2D eigenvalue weighted by Crippen LogP contribution is -2.09. The summed E-state index contributed by atoms with van der Waals surface area (Å²) in [7, 11) is 2.07. The number of nitrogens with two attached hydrogens (primary N) is 1. The molecule has 0 saturated heterocycles. The Morgan fingerprint density at radius 1 is 0.947 bits per heavy atom. The quantitative estimate of drug-likeness (QED) is 0.811. The van der Waals surface area contributed by atoms with Crippen LogP contribution in [-0.2, 0) is 0 Å². The molecule has 100 valence electrons. The third kappa shape index (κ3) is 3.08. The maximum Gasteiger partial charge on any atom is 0.0409 e. The monoisotopic (exact) mass is 254 g/mol. The summed E-state index contributed by atoms with van der Waals surface area (Å²) in [4.78, 5) is 2.17. The molecule has 0 aliphatic rings. The Hall–Kier alpha value is -1.96. The minimum absolute atomic E-state index is 0.621. The van der Waals surface area contributed by atoms with Crippen LogP contribution >= 0.6 is 0 Å². The molecule has 19 heavy (non-hydrogen) atoms. The summed E-state index contributed by atoms with van der Waals surface area (Å²) in [5, 5.41) is 0. The van der Waals surface area contributed by atoms with Crippen molar-refractivity contribution in [1.82, 2.24) is 0 Å². The third-order valence-corrected chi connectivity index (χ3v) is 3.74. The van der Waals surface area contributed by atoms with Crippen LogP contribution in [0.1, 0.15) is 31.7 Å². The van der Waals surface area contributed by atoms with Crippen molar-refractivity contribution in [3.8, 4) is 0 Å². The van der Waals surface area contributed by atoms with Crippen molar-refractivity contribution in [2.45, 2.75) is 26.2 Å². The van der Waals surface area contributed by atoms with Gasteiger partial charge in [0.05, 0.1) is 0 Å². The fourth-order valence-corrected chi connectivity index (χ4v) is 2.11. The standard InChI is InChI=1S/C17H22N2/c1-4-13(2)14-5-9-16(10-6-14)19(3)17-11-7-15(18)8-12-17/h5-13H,4,18H2,1-3H3. The van der Waals surface area contributed by atoms with Gasteiger partial charge in [0.15, 0.2) is 0 Å². The fourth-order valence-electron chi connectivity index (χ4n) is 2.11. The molecule has 0 amide bonds. The van der Waals surface area contributed by atoms with Gasteiger partial charge in [0.25, 0.3) is 0 Å². The zero-order valence-corrected chi connectivity index (χ0v) is 11.9. The Morgan fingerprint density at radius 3 is 1.89 bits per heavy atom. The second kappa shape index (κ2) is 5.79. The van der Waals surface area contributed by atoms with Crippen LogP contribution in [0.25, 0.3) is 0 Å². The van der Waals surface area contributed by atoms with Crippen LogP contribution in [0.5, 0.6) is 0 Å². The minimum atomic E-state index is 0.621. The molecule has 2 aromatic rings. The molecule has 2 heteroatoms. The van der Waals surface area contributed by atoms with Crippen molar-refractivity contribution in [2.24, 2.45) is 0 Å². The fraction of sp³-hybridized carbons (Fsp3) is 0.294. The van der Waals surface area contributed by atoms with Gasteiger partial charge in [-0.15, -0.1) is 0 Å². The molecule has 2 N–H and O–H groups in total. The largest absolute Gasteiger partial charge is 0.399 e. The van der Waals surface area contributed by atoms with E-state index in [1.807, 2.05) is 24.3 Å². The first-order valence-electron chi connectivity index (χ1n) is 6.81. The number of rotatable bonds is 4. The first-order valence-corrected chi connectivity index (χ1v) is 6.81. The Labute approximate surface area is 115 Å². The van der Waals surface area contributed by atoms with E-state index < -0.39 is 0 Å². The van der Waals surface area contributed by atoms with E-state index in [4.69, 9.17) is 5.73 Å². The number of nitrogens with zero attached hydrogens (tertiary/aromatic N) is 1. The summed E-state index contributed by atoms with van der Waals surface area (Å²) >= 11 is 0. The van der Waals surface area contributed by atoms with E-state index in [0.717, 1.165) is 11.4 Å². The van der Waals surface area contributed by atoms with E-state index >= 15 is 0 Å². The predicted molar refractivity (Wildman–Crippen MR) is 84.1 cm³/mol. The second-order valence-corrected chi connectivity index (χ2v) is 5.05. The molecular weight excluding hydrogens is 232 g/mol. The predicted octanol–water partition coefficient (Wildman–Crippen LogP) is 4.55. The topological polar surface area (TPSA) is 29.3 Å². The van der Waals surface area contributed by atoms with E-state index in [9.17, 15) is 0 Å². The van der Waals surface area contributed by atoms with Crippen LogP contribution in [0.15, 0.2) is 48.5 Å². The maximum atomic E-state index is 5.72. The smallest absolute Gasteiger partial charge is 0.0409 e. The minimum Gasteiger partial charge on any atom is -0.399 e. The molecule has 0 radical (unpaired) electrons. The maximum absolute atomic E-state index is 5.72. The molecule has 1 unspecified atom stereocenters. The summed E-state index contributed by atoms with van der Waals surface area (Å²) in [6, 6.07) is 16.7. The molecule has 0 aliphatic carbocycles. The van der Waals surface area contributed by atoms with Gasteiger partial charge in [0.2, 0.25) is 0 Å². The van der Waals surface area contributed by atoms with Gasteiger partial charge < -0.3 is 10.6 Å². The molecule has 0 aromatic heterocycles. The van der Waals surface area contributed by atoms with Crippen LogP contribution in [0.4, 0.5) is 17.1 Å². The van der Waals surface area contributed by atoms with E-state index in [1.54, 1.807) is 0 Å². The SMILES string of the molecule is CCC(C)c1ccc(N(C)c2ccc(N)cc2)cc1. The molecule has 1 atom stereocenters. The van der Waals surface area contributed by atoms with Crippen molar-refractivity contribution in [2.75, 3.05) is 17.7 Å². The van der Waals surface area contributed by atoms with Crippen molar-refractivity contribution >= 4 is 17.1 Å². The molecule has 0 fully saturated rings. The summed E-state index contributed by atoms with van der Waals surface area (Å²) < 4.78 is 0. The van der Waals surface area contributed by atoms with Crippen LogP contribution in [0, 0.1) is 0 Å². The average molecular weight is 254 g/mol. The molecular formula is C17H22N2. The lowest BCUT2D eigenvalue weighted by atomic mass is 9.98.